The molecule has 156 valence electrons. The number of hydrogen-bond acceptors (Lipinski definition) is 3. The van der Waals surface area contributed by atoms with E-state index in [-0.39, 0.29) is 11.8 Å². The van der Waals surface area contributed by atoms with E-state index < -0.39 is 0 Å². The molecule has 1 atom stereocenters. The van der Waals surface area contributed by atoms with Gasteiger partial charge in [0.1, 0.15) is 11.3 Å². The lowest BCUT2D eigenvalue weighted by molar-refractivity contribution is 0.0700. The minimum Gasteiger partial charge on any atom is -0.337 e. The zero-order chi connectivity index (χ0) is 21.4. The van der Waals surface area contributed by atoms with Crippen LogP contribution in [0.5, 0.6) is 0 Å². The van der Waals surface area contributed by atoms with Crippen LogP contribution in [0.1, 0.15) is 46.2 Å². The highest BCUT2D eigenvalue weighted by atomic mass is 16.2. The minimum atomic E-state index is 0.00184. The van der Waals surface area contributed by atoms with Gasteiger partial charge in [-0.15, -0.1) is 0 Å². The number of aryl methyl sites for hydroxylation is 2. The molecule has 4 heterocycles. The van der Waals surface area contributed by atoms with E-state index in [0.29, 0.717) is 12.2 Å². The molecule has 0 radical (unpaired) electrons. The van der Waals surface area contributed by atoms with Gasteiger partial charge < -0.3 is 9.30 Å². The number of fused-ring (bicyclic) bond motifs is 1. The summed E-state index contributed by atoms with van der Waals surface area (Å²) in [5.41, 5.74) is 6.91. The van der Waals surface area contributed by atoms with Crippen LogP contribution in [0.3, 0.4) is 0 Å². The molecule has 0 N–H and O–H groups in total. The van der Waals surface area contributed by atoms with Crippen molar-refractivity contribution in [3.63, 3.8) is 0 Å². The van der Waals surface area contributed by atoms with Gasteiger partial charge in [0.15, 0.2) is 0 Å². The van der Waals surface area contributed by atoms with E-state index in [1.165, 1.54) is 11.1 Å². The molecular formula is C26H26N4O. The Balaban J connectivity index is 1.40. The number of benzene rings is 1. The van der Waals surface area contributed by atoms with Crippen LogP contribution in [0.2, 0.25) is 0 Å². The molecule has 4 aromatic rings. The highest BCUT2D eigenvalue weighted by Crippen LogP contribution is 2.30. The number of aromatic nitrogens is 3. The number of rotatable bonds is 3. The highest BCUT2D eigenvalue weighted by molar-refractivity contribution is 5.93. The van der Waals surface area contributed by atoms with E-state index in [0.717, 1.165) is 42.0 Å². The second kappa shape index (κ2) is 7.99. The maximum Gasteiger partial charge on any atom is 0.274 e. The molecule has 1 aliphatic heterocycles. The van der Waals surface area contributed by atoms with E-state index in [1.54, 1.807) is 0 Å². The van der Waals surface area contributed by atoms with Crippen LogP contribution in [0, 0.1) is 13.8 Å². The molecule has 1 aliphatic rings. The van der Waals surface area contributed by atoms with Crippen LogP contribution < -0.4 is 0 Å². The smallest absolute Gasteiger partial charge is 0.274 e. The van der Waals surface area contributed by atoms with Gasteiger partial charge in [-0.2, -0.15) is 0 Å². The van der Waals surface area contributed by atoms with Crippen LogP contribution in [0.15, 0.2) is 67.0 Å². The minimum absolute atomic E-state index is 0.00184. The van der Waals surface area contributed by atoms with Crippen LogP contribution in [0.25, 0.3) is 16.8 Å². The van der Waals surface area contributed by atoms with Crippen molar-refractivity contribution in [2.75, 3.05) is 13.1 Å². The van der Waals surface area contributed by atoms with Gasteiger partial charge in [-0.25, -0.2) is 4.98 Å². The van der Waals surface area contributed by atoms with Crippen LogP contribution in [-0.2, 0) is 0 Å². The molecule has 31 heavy (non-hydrogen) atoms. The summed E-state index contributed by atoms with van der Waals surface area (Å²) in [6.45, 7) is 5.51. The Hall–Kier alpha value is -3.47. The average molecular weight is 411 g/mol. The van der Waals surface area contributed by atoms with Crippen LogP contribution in [0.4, 0.5) is 0 Å². The third-order valence-corrected chi connectivity index (χ3v) is 6.04. The van der Waals surface area contributed by atoms with E-state index in [1.807, 2.05) is 53.7 Å². The lowest BCUT2D eigenvalue weighted by Crippen LogP contribution is -2.39. The Morgan fingerprint density at radius 3 is 2.68 bits per heavy atom. The average Bonchev–Trinajstić information content (AvgIpc) is 3.22. The molecule has 0 aliphatic carbocycles. The predicted octanol–water partition coefficient (Wildman–Crippen LogP) is 5.03. The van der Waals surface area contributed by atoms with Crippen LogP contribution >= 0.6 is 0 Å². The highest BCUT2D eigenvalue weighted by Gasteiger charge is 2.28. The van der Waals surface area contributed by atoms with E-state index in [9.17, 15) is 4.79 Å². The Morgan fingerprint density at radius 2 is 1.84 bits per heavy atom. The predicted molar refractivity (Wildman–Crippen MR) is 122 cm³/mol. The van der Waals surface area contributed by atoms with Crippen molar-refractivity contribution < 1.29 is 4.79 Å². The second-order valence-electron chi connectivity index (χ2n) is 8.47. The Kier molecular flexibility index (Phi) is 5.02. The zero-order valence-electron chi connectivity index (χ0n) is 18.0. The molecule has 1 aromatic carbocycles. The van der Waals surface area contributed by atoms with Gasteiger partial charge in [0, 0.05) is 42.8 Å². The molecule has 0 unspecified atom stereocenters. The van der Waals surface area contributed by atoms with Gasteiger partial charge in [-0.3, -0.25) is 9.78 Å². The van der Waals surface area contributed by atoms with E-state index in [4.69, 9.17) is 4.98 Å². The zero-order valence-corrected chi connectivity index (χ0v) is 18.0. The number of hydrogen-bond donors (Lipinski definition) is 0. The first-order chi connectivity index (χ1) is 15.1. The van der Waals surface area contributed by atoms with Gasteiger partial charge in [0.2, 0.25) is 0 Å². The van der Waals surface area contributed by atoms with Crippen molar-refractivity contribution in [2.24, 2.45) is 0 Å². The number of piperidine rings is 1. The standard InChI is InChI=1S/C26H26N4O/c1-18-10-12-29-17-24(28-25(29)13-18)26(31)30-11-6-9-21(16-30)23-15-22(14-19(2)27-23)20-7-4-3-5-8-20/h3-5,7-8,10,12-15,17,21H,6,9,11,16H2,1-2H3/t21-/m1/s1. The second-order valence-corrected chi connectivity index (χ2v) is 8.47. The fourth-order valence-electron chi connectivity index (χ4n) is 4.45. The maximum atomic E-state index is 13.2. The summed E-state index contributed by atoms with van der Waals surface area (Å²) in [4.78, 5) is 24.6. The number of carbonyl (C=O) groups excluding carboxylic acids is 1. The first kappa shape index (κ1) is 19.5. The number of amides is 1. The molecule has 3 aromatic heterocycles. The topological polar surface area (TPSA) is 50.5 Å². The summed E-state index contributed by atoms with van der Waals surface area (Å²) in [5, 5.41) is 0. The molecule has 1 fully saturated rings. The number of imidazole rings is 1. The van der Waals surface area contributed by atoms with Crippen molar-refractivity contribution in [1.29, 1.82) is 0 Å². The van der Waals surface area contributed by atoms with E-state index in [2.05, 4.69) is 41.4 Å². The summed E-state index contributed by atoms with van der Waals surface area (Å²) >= 11 is 0. The van der Waals surface area contributed by atoms with Crippen molar-refractivity contribution in [3.05, 3.63) is 89.6 Å². The first-order valence-electron chi connectivity index (χ1n) is 10.9. The maximum absolute atomic E-state index is 13.2. The fourth-order valence-corrected chi connectivity index (χ4v) is 4.45. The molecule has 5 rings (SSSR count). The lowest BCUT2D eigenvalue weighted by Gasteiger charge is -2.32. The third-order valence-electron chi connectivity index (χ3n) is 6.04. The number of likely N-dealkylation sites (tertiary alicyclic amines) is 1. The summed E-state index contributed by atoms with van der Waals surface area (Å²) < 4.78 is 1.91. The molecular weight excluding hydrogens is 384 g/mol. The quantitative estimate of drug-likeness (QED) is 0.476. The van der Waals surface area contributed by atoms with E-state index >= 15 is 0 Å². The summed E-state index contributed by atoms with van der Waals surface area (Å²) in [7, 11) is 0. The van der Waals surface area contributed by atoms with Gasteiger partial charge in [-0.1, -0.05) is 30.3 Å². The van der Waals surface area contributed by atoms with Crippen molar-refractivity contribution in [2.45, 2.75) is 32.6 Å². The van der Waals surface area contributed by atoms with Crippen LogP contribution in [-0.4, -0.2) is 38.3 Å². The van der Waals surface area contributed by atoms with Gasteiger partial charge in [-0.05, 0) is 67.6 Å². The first-order valence-corrected chi connectivity index (χ1v) is 10.9. The number of pyridine rings is 2. The number of nitrogens with zero attached hydrogens (tertiary/aromatic N) is 4. The number of carbonyl (C=O) groups is 1. The van der Waals surface area contributed by atoms with Gasteiger partial charge in [0.25, 0.3) is 5.91 Å². The van der Waals surface area contributed by atoms with Crippen molar-refractivity contribution in [3.8, 4) is 11.1 Å². The Labute approximate surface area is 182 Å². The monoisotopic (exact) mass is 410 g/mol. The molecule has 0 spiro atoms. The largest absolute Gasteiger partial charge is 0.337 e. The SMILES string of the molecule is Cc1ccn2cc(C(=O)N3CCC[C@@H](c4cc(-c5ccccc5)cc(C)n4)C3)nc2c1. The summed E-state index contributed by atoms with van der Waals surface area (Å²) in [5.74, 6) is 0.237. The fraction of sp³-hybridized carbons (Fsp3) is 0.269. The Bertz CT molecular complexity index is 1240. The molecule has 1 saturated heterocycles. The normalized spacial score (nSPS) is 16.6. The molecule has 5 heteroatoms. The third kappa shape index (κ3) is 3.96. The Morgan fingerprint density at radius 1 is 1.00 bits per heavy atom. The van der Waals surface area contributed by atoms with Crippen molar-refractivity contribution in [1.82, 2.24) is 19.3 Å². The summed E-state index contributed by atoms with van der Waals surface area (Å²) in [6.07, 6.45) is 5.80. The van der Waals surface area contributed by atoms with Crippen molar-refractivity contribution >= 4 is 11.6 Å². The molecule has 5 nitrogen and oxygen atoms in total. The van der Waals surface area contributed by atoms with Gasteiger partial charge >= 0.3 is 0 Å². The lowest BCUT2D eigenvalue weighted by atomic mass is 9.92. The molecule has 0 saturated carbocycles. The van der Waals surface area contributed by atoms with Gasteiger partial charge in [0.05, 0.1) is 0 Å². The molecule has 0 bridgehead atoms. The molecule has 1 amide bonds. The summed E-state index contributed by atoms with van der Waals surface area (Å²) in [6, 6.07) is 18.7.